The fourth-order valence-electron chi connectivity index (χ4n) is 15.5. The average Bonchev–Trinajstić information content (AvgIpc) is 1.68. The molecule has 3 fully saturated rings. The van der Waals surface area contributed by atoms with Crippen LogP contribution >= 0.6 is 0 Å². The van der Waals surface area contributed by atoms with Gasteiger partial charge in [0.25, 0.3) is 0 Å². The zero-order valence-electron chi connectivity index (χ0n) is 77.2. The molecule has 2 aromatic carbocycles. The highest BCUT2D eigenvalue weighted by atomic mass is 16.4. The SMILES string of the molecule is CC(C)[C@H](NC(=O)[C@H](Cc1c[nH]c2ccccc12)NC(=O)C1CC(=O)NCC(=O)NC(CC(N)=O)C(=O)N[C@@H](Cc2c[nH]c3ccccc23)C(=O)NC(Cc2c[nH]cn2)C(=O)NCC(=O)NC([C@@H](C)O)C(=O)N[C@@H](C)C(=O)N2CCC[C@H]2C(=O)N1)C(=O)N[C@H](C(=O)NCC(=O)N[C@@H](CCCNC(=N)N)C(=O)NCC(=O)N[C@@H](CC(=O)O)C(=O)N[C@@H](CO)C(=O)N1CCC[C@H]1C(=O)N[C@@H](C)C(=O)O)C(C)O. The lowest BCUT2D eigenvalue weighted by atomic mass is 9.99. The number of aliphatic hydroxyl groups is 3. The Balaban J connectivity index is 0.999. The number of aliphatic carboxylic acids is 2. The lowest BCUT2D eigenvalue weighted by Gasteiger charge is -2.30. The number of primary amides is 1. The molecule has 0 spiro atoms. The van der Waals surface area contributed by atoms with Crippen LogP contribution in [0, 0.1) is 11.3 Å². The summed E-state index contributed by atoms with van der Waals surface area (Å²) in [6.45, 7) is 2.11. The number of aliphatic hydroxyl groups excluding tert-OH is 3. The molecule has 3 saturated heterocycles. The van der Waals surface area contributed by atoms with Gasteiger partial charge >= 0.3 is 11.9 Å². The Kier molecular flexibility index (Phi) is 40.6. The van der Waals surface area contributed by atoms with Crippen LogP contribution in [0.5, 0.6) is 0 Å². The zero-order chi connectivity index (χ0) is 103. The first-order valence-corrected chi connectivity index (χ1v) is 44.8. The molecule has 8 rings (SSSR count). The van der Waals surface area contributed by atoms with E-state index in [-0.39, 0.29) is 76.7 Å². The molecule has 54 nitrogen and oxygen atoms in total. The maximum absolute atomic E-state index is 15.3. The molecule has 0 aliphatic carbocycles. The van der Waals surface area contributed by atoms with Gasteiger partial charge < -0.3 is 157 Å². The van der Waals surface area contributed by atoms with Crippen molar-refractivity contribution in [1.29, 1.82) is 5.41 Å². The number of carboxylic acid groups (broad SMARTS) is 2. The third-order valence-corrected chi connectivity index (χ3v) is 22.9. The number of carbonyl (C=O) groups excluding carboxylic acids is 20. The number of carboxylic acids is 2. The molecule has 760 valence electrons. The van der Waals surface area contributed by atoms with Gasteiger partial charge in [-0.3, -0.25) is 111 Å². The van der Waals surface area contributed by atoms with Crippen molar-refractivity contribution in [2.45, 2.75) is 221 Å². The molecule has 31 N–H and O–H groups in total. The maximum Gasteiger partial charge on any atom is 0.325 e. The molecular formula is C86H119N27O27. The molecule has 5 unspecified atom stereocenters. The van der Waals surface area contributed by atoms with Crippen LogP contribution in [0.3, 0.4) is 0 Å². The highest BCUT2D eigenvalue weighted by molar-refractivity contribution is 6.04. The van der Waals surface area contributed by atoms with Crippen molar-refractivity contribution in [1.82, 2.24) is 125 Å². The summed E-state index contributed by atoms with van der Waals surface area (Å²) in [5.41, 5.74) is 13.2. The number of hydrogen-bond donors (Lipinski definition) is 29. The summed E-state index contributed by atoms with van der Waals surface area (Å²) < 4.78 is 0. The van der Waals surface area contributed by atoms with E-state index in [2.05, 4.69) is 116 Å². The second-order valence-electron chi connectivity index (χ2n) is 34.0. The van der Waals surface area contributed by atoms with Gasteiger partial charge in [0.15, 0.2) is 5.96 Å². The van der Waals surface area contributed by atoms with Gasteiger partial charge in [0.1, 0.15) is 90.6 Å². The standard InChI is InChI=1S/C86H119N27O27/c1-39(2)68(81(135)111-69(42(5)115)80(134)97-35-64(120)101-51(18-11-21-91-86(88)89)71(125)95-34-65(121)103-57(29-67(123)124)76(130)108-58(37-114)84(138)113-23-13-19-59(113)78(132)100-41(4)85(139)140)110-77(131)53(25-45-31-93-50-17-10-8-15-48(45)50)105-75(129)56-28-62(118)94-33-63(119)102-55(27-61(87)117)74(128)104-52(24-44-30-92-49-16-9-7-14-47(44)49)73(127)106-54(26-46-32-90-38-98-46)72(126)96-36-66(122)109-70(43(6)116)82(136)99-40(3)83(137)112-22-12-20-60(112)79(133)107-56/h7-10,14-17,30-32,38-43,51-60,68-70,92-93,114-116H,11-13,18-29,33-37H2,1-6H3,(H2,87,117)(H,90,98)(H,94,118)(H,95,125)(H,96,126)(H,97,134)(H,99,136)(H,100,132)(H,101,120)(H,102,119)(H,103,121)(H,104,128)(H,105,129)(H,106,127)(H,107,133)(H,108,130)(H,109,122)(H,110,131)(H,111,135)(H,123,124)(H,139,140)(H4,88,89,91)/t40-,41-,42?,43+,51-,52-,53-,54?,55?,56?,57-,58-,59-,60-,68-,69-,70?/m0/s1. The van der Waals surface area contributed by atoms with E-state index >= 15 is 9.59 Å². The van der Waals surface area contributed by atoms with Gasteiger partial charge in [-0.15, -0.1) is 0 Å². The van der Waals surface area contributed by atoms with Gasteiger partial charge in [-0.2, -0.15) is 0 Å². The largest absolute Gasteiger partial charge is 0.481 e. The Morgan fingerprint density at radius 1 is 0.564 bits per heavy atom. The van der Waals surface area contributed by atoms with Gasteiger partial charge in [0.2, 0.25) is 118 Å². The van der Waals surface area contributed by atoms with E-state index < -0.39 is 303 Å². The predicted molar refractivity (Wildman–Crippen MR) is 487 cm³/mol. The number of hydrogen-bond acceptors (Lipinski definition) is 27. The minimum atomic E-state index is -2.10. The Hall–Kier alpha value is -15.8. The van der Waals surface area contributed by atoms with E-state index in [1.54, 1.807) is 48.5 Å². The lowest BCUT2D eigenvalue weighted by molar-refractivity contribution is -0.145. The van der Waals surface area contributed by atoms with Crippen molar-refractivity contribution >= 4 is 158 Å². The predicted octanol–water partition coefficient (Wildman–Crippen LogP) is -11.3. The second-order valence-corrected chi connectivity index (χ2v) is 34.0. The van der Waals surface area contributed by atoms with Gasteiger partial charge in [0.05, 0.1) is 76.3 Å². The highest BCUT2D eigenvalue weighted by Crippen LogP contribution is 2.25. The summed E-state index contributed by atoms with van der Waals surface area (Å²) in [6, 6.07) is -12.1. The lowest BCUT2D eigenvalue weighted by Crippen LogP contribution is -2.62. The first-order valence-electron chi connectivity index (χ1n) is 44.8. The number of nitrogens with two attached hydrogens (primary N) is 2. The number of amides is 20. The van der Waals surface area contributed by atoms with E-state index in [1.807, 2.05) is 0 Å². The van der Waals surface area contributed by atoms with Crippen molar-refractivity contribution < 1.29 is 131 Å². The summed E-state index contributed by atoms with van der Waals surface area (Å²) in [5.74, 6) is -27.0. The van der Waals surface area contributed by atoms with Gasteiger partial charge in [-0.05, 0) is 95.4 Å². The molecule has 0 bridgehead atoms. The molecule has 20 amide bonds. The van der Waals surface area contributed by atoms with E-state index in [4.69, 9.17) is 16.9 Å². The summed E-state index contributed by atoms with van der Waals surface area (Å²) in [4.78, 5) is 320. The van der Waals surface area contributed by atoms with Crippen LogP contribution < -0.4 is 107 Å². The number of benzene rings is 2. The Bertz CT molecular complexity index is 5410. The number of para-hydroxylation sites is 2. The van der Waals surface area contributed by atoms with Crippen LogP contribution in [0.1, 0.15) is 116 Å². The van der Waals surface area contributed by atoms with Crippen molar-refractivity contribution in [3.05, 3.63) is 90.3 Å². The first-order chi connectivity index (χ1) is 66.3. The molecule has 3 aromatic heterocycles. The smallest absolute Gasteiger partial charge is 0.325 e. The van der Waals surface area contributed by atoms with Crippen LogP contribution in [-0.4, -0.2) is 347 Å². The van der Waals surface area contributed by atoms with Crippen LogP contribution in [0.25, 0.3) is 21.8 Å². The monoisotopic (exact) mass is 1960 g/mol. The topological polar surface area (TPSA) is 836 Å². The number of fused-ring (bicyclic) bond motifs is 3. The minimum absolute atomic E-state index is 0.0255. The first kappa shape index (κ1) is 110. The molecular weight excluding hydrogens is 1840 g/mol. The maximum atomic E-state index is 15.3. The molecule has 3 aliphatic rings. The van der Waals surface area contributed by atoms with E-state index in [0.717, 1.165) is 23.6 Å². The average molecular weight is 1960 g/mol. The Morgan fingerprint density at radius 3 is 1.76 bits per heavy atom. The van der Waals surface area contributed by atoms with Crippen molar-refractivity contribution in [3.8, 4) is 0 Å². The van der Waals surface area contributed by atoms with Crippen molar-refractivity contribution in [2.24, 2.45) is 17.4 Å². The number of likely N-dealkylation sites (tertiary alicyclic amines) is 1. The molecule has 17 atom stereocenters. The normalized spacial score (nSPS) is 20.8. The number of nitrogens with one attached hydrogen (secondary N) is 22. The molecule has 0 radical (unpaired) electrons. The Morgan fingerprint density at radius 2 is 1.16 bits per heavy atom. The second kappa shape index (κ2) is 52.0. The van der Waals surface area contributed by atoms with Crippen LogP contribution in [0.2, 0.25) is 0 Å². The number of imidazole rings is 1. The fourth-order valence-corrected chi connectivity index (χ4v) is 15.5. The summed E-state index contributed by atoms with van der Waals surface area (Å²) in [5, 5.41) is 102. The van der Waals surface area contributed by atoms with E-state index in [9.17, 15) is 121 Å². The molecule has 54 heteroatoms. The minimum Gasteiger partial charge on any atom is -0.481 e. The number of carbonyl (C=O) groups is 22. The molecule has 6 heterocycles. The third kappa shape index (κ3) is 32.2. The fraction of sp³-hybridized carbons (Fsp3) is 0.512. The van der Waals surface area contributed by atoms with E-state index in [1.165, 1.54) is 52.6 Å². The highest BCUT2D eigenvalue weighted by Gasteiger charge is 2.44. The number of guanidine groups is 1. The molecule has 140 heavy (non-hydrogen) atoms. The summed E-state index contributed by atoms with van der Waals surface area (Å²) in [7, 11) is 0. The third-order valence-electron chi connectivity index (χ3n) is 22.9. The van der Waals surface area contributed by atoms with Gasteiger partial charge in [-0.25, -0.2) is 4.98 Å². The van der Waals surface area contributed by atoms with E-state index in [0.29, 0.717) is 32.9 Å². The molecule has 3 aliphatic heterocycles. The van der Waals surface area contributed by atoms with Gasteiger partial charge in [-0.1, -0.05) is 50.2 Å². The van der Waals surface area contributed by atoms with Crippen LogP contribution in [0.15, 0.2) is 73.4 Å². The number of rotatable bonds is 38. The van der Waals surface area contributed by atoms with Gasteiger partial charge in [0, 0.05) is 79.3 Å². The van der Waals surface area contributed by atoms with Crippen LogP contribution in [0.4, 0.5) is 0 Å². The van der Waals surface area contributed by atoms with Crippen LogP contribution in [-0.2, 0) is 125 Å². The number of nitrogens with zero attached hydrogens (tertiary/aromatic N) is 3. The van der Waals surface area contributed by atoms with Crippen molar-refractivity contribution in [2.75, 3.05) is 52.4 Å². The number of H-pyrrole nitrogens is 3. The quantitative estimate of drug-likeness (QED) is 0.00991. The molecule has 0 saturated carbocycles. The molecule has 5 aromatic rings. The summed E-state index contributed by atoms with van der Waals surface area (Å²) in [6.07, 6.45) is -2.08. The summed E-state index contributed by atoms with van der Waals surface area (Å²) >= 11 is 0. The number of aromatic amines is 3. The Labute approximate surface area is 797 Å². The number of aromatic nitrogens is 4. The zero-order valence-corrected chi connectivity index (χ0v) is 77.2. The van der Waals surface area contributed by atoms with Crippen molar-refractivity contribution in [3.63, 3.8) is 0 Å².